The highest BCUT2D eigenvalue weighted by molar-refractivity contribution is 5.70. The average Bonchev–Trinajstić information content (AvgIpc) is 2.16. The van der Waals surface area contributed by atoms with Crippen LogP contribution in [0.25, 0.3) is 5.70 Å². The maximum absolute atomic E-state index is 12.6. The molecule has 6 heteroatoms. The van der Waals surface area contributed by atoms with Crippen LogP contribution in [0.3, 0.4) is 0 Å². The molecule has 0 saturated carbocycles. The van der Waals surface area contributed by atoms with Gasteiger partial charge in [-0.05, 0) is 29.8 Å². The van der Waals surface area contributed by atoms with Gasteiger partial charge in [-0.15, -0.1) is 0 Å². The van der Waals surface area contributed by atoms with E-state index in [1.807, 2.05) is 0 Å². The number of carboxylic acid groups (broad SMARTS) is 1. The summed E-state index contributed by atoms with van der Waals surface area (Å²) in [6.45, 7) is -0.359. The summed E-state index contributed by atoms with van der Waals surface area (Å²) < 4.78 is 12.6. The molecular formula is C10H12FN3O2. The molecule has 0 amide bonds. The molecule has 5 nitrogen and oxygen atoms in total. The number of rotatable bonds is 4. The molecule has 0 atom stereocenters. The number of hydrogen-bond donors (Lipinski definition) is 3. The molecule has 0 aliphatic rings. The van der Waals surface area contributed by atoms with Crippen molar-refractivity contribution in [3.8, 4) is 0 Å². The Bertz CT molecular complexity index is 403. The molecule has 16 heavy (non-hydrogen) atoms. The SMILES string of the molecule is N/C(=C\N(N)CC(=O)O)c1ccc(F)cc1. The zero-order chi connectivity index (χ0) is 12.1. The van der Waals surface area contributed by atoms with Crippen molar-refractivity contribution in [1.29, 1.82) is 0 Å². The molecule has 0 aliphatic carbocycles. The van der Waals surface area contributed by atoms with Gasteiger partial charge in [0, 0.05) is 6.20 Å². The largest absolute Gasteiger partial charge is 0.480 e. The Morgan fingerprint density at radius 3 is 2.50 bits per heavy atom. The third-order valence-electron chi connectivity index (χ3n) is 1.80. The molecule has 5 N–H and O–H groups in total. The van der Waals surface area contributed by atoms with Crippen LogP contribution in [0.2, 0.25) is 0 Å². The van der Waals surface area contributed by atoms with Crippen LogP contribution in [0.15, 0.2) is 30.5 Å². The fourth-order valence-corrected chi connectivity index (χ4v) is 1.10. The minimum atomic E-state index is -1.06. The smallest absolute Gasteiger partial charge is 0.324 e. The topological polar surface area (TPSA) is 92.6 Å². The van der Waals surface area contributed by atoms with E-state index in [-0.39, 0.29) is 18.1 Å². The molecule has 86 valence electrons. The summed E-state index contributed by atoms with van der Waals surface area (Å²) in [6.07, 6.45) is 1.28. The van der Waals surface area contributed by atoms with Crippen molar-refractivity contribution in [3.63, 3.8) is 0 Å². The van der Waals surface area contributed by atoms with Crippen LogP contribution in [-0.2, 0) is 4.79 Å². The van der Waals surface area contributed by atoms with Crippen LogP contribution < -0.4 is 11.6 Å². The third kappa shape index (κ3) is 3.58. The number of hydrogen-bond acceptors (Lipinski definition) is 4. The number of carboxylic acids is 1. The van der Waals surface area contributed by atoms with E-state index in [1.54, 1.807) is 0 Å². The van der Waals surface area contributed by atoms with Gasteiger partial charge < -0.3 is 15.8 Å². The van der Waals surface area contributed by atoms with Gasteiger partial charge in [-0.3, -0.25) is 4.79 Å². The van der Waals surface area contributed by atoms with Crippen molar-refractivity contribution >= 4 is 11.7 Å². The molecule has 0 aliphatic heterocycles. The van der Waals surface area contributed by atoms with Gasteiger partial charge >= 0.3 is 5.97 Å². The highest BCUT2D eigenvalue weighted by Crippen LogP contribution is 2.09. The summed E-state index contributed by atoms with van der Waals surface area (Å²) in [5.41, 5.74) is 6.48. The van der Waals surface area contributed by atoms with E-state index in [9.17, 15) is 9.18 Å². The summed E-state index contributed by atoms with van der Waals surface area (Å²) in [7, 11) is 0. The van der Waals surface area contributed by atoms with Crippen molar-refractivity contribution in [2.75, 3.05) is 6.54 Å². The van der Waals surface area contributed by atoms with Crippen molar-refractivity contribution < 1.29 is 14.3 Å². The van der Waals surface area contributed by atoms with Crippen molar-refractivity contribution in [3.05, 3.63) is 41.8 Å². The molecule has 0 radical (unpaired) electrons. The number of carbonyl (C=O) groups is 1. The van der Waals surface area contributed by atoms with Crippen LogP contribution in [0.1, 0.15) is 5.56 Å². The third-order valence-corrected chi connectivity index (χ3v) is 1.80. The van der Waals surface area contributed by atoms with Gasteiger partial charge in [0.15, 0.2) is 0 Å². The van der Waals surface area contributed by atoms with E-state index < -0.39 is 5.97 Å². The fourth-order valence-electron chi connectivity index (χ4n) is 1.10. The standard InChI is InChI=1S/C10H12FN3O2/c11-8-3-1-7(2-4-8)9(12)5-14(13)6-10(15)16/h1-5H,6,12-13H2,(H,15,16)/b9-5-. The normalized spacial score (nSPS) is 11.2. The lowest BCUT2D eigenvalue weighted by atomic mass is 10.2. The Labute approximate surface area is 91.7 Å². The van der Waals surface area contributed by atoms with E-state index >= 15 is 0 Å². The van der Waals surface area contributed by atoms with Crippen molar-refractivity contribution in [1.82, 2.24) is 5.01 Å². The van der Waals surface area contributed by atoms with E-state index in [2.05, 4.69) is 0 Å². The van der Waals surface area contributed by atoms with Crippen LogP contribution in [0, 0.1) is 5.82 Å². The Kier molecular flexibility index (Phi) is 3.84. The minimum Gasteiger partial charge on any atom is -0.480 e. The molecule has 1 aromatic rings. The molecule has 0 aromatic heterocycles. The summed E-state index contributed by atoms with van der Waals surface area (Å²) in [5, 5.41) is 9.41. The van der Waals surface area contributed by atoms with Crippen molar-refractivity contribution in [2.24, 2.45) is 11.6 Å². The number of nitrogens with zero attached hydrogens (tertiary/aromatic N) is 1. The lowest BCUT2D eigenvalue weighted by Gasteiger charge is -2.12. The van der Waals surface area contributed by atoms with Gasteiger partial charge in [-0.2, -0.15) is 0 Å². The second-order valence-electron chi connectivity index (χ2n) is 3.16. The van der Waals surface area contributed by atoms with E-state index in [4.69, 9.17) is 16.7 Å². The zero-order valence-corrected chi connectivity index (χ0v) is 8.43. The van der Waals surface area contributed by atoms with Gasteiger partial charge in [0.05, 0.1) is 5.70 Å². The van der Waals surface area contributed by atoms with E-state index in [0.717, 1.165) is 5.01 Å². The Morgan fingerprint density at radius 2 is 2.00 bits per heavy atom. The molecule has 0 fully saturated rings. The zero-order valence-electron chi connectivity index (χ0n) is 8.43. The van der Waals surface area contributed by atoms with Gasteiger partial charge in [0.1, 0.15) is 12.4 Å². The van der Waals surface area contributed by atoms with Gasteiger partial charge in [-0.1, -0.05) is 0 Å². The van der Waals surface area contributed by atoms with Crippen LogP contribution in [-0.4, -0.2) is 22.6 Å². The predicted molar refractivity (Wildman–Crippen MR) is 57.1 cm³/mol. The first-order valence-corrected chi connectivity index (χ1v) is 4.45. The Hall–Kier alpha value is -2.08. The summed E-state index contributed by atoms with van der Waals surface area (Å²) in [5.74, 6) is 3.93. The molecule has 0 unspecified atom stereocenters. The number of hydrazine groups is 1. The van der Waals surface area contributed by atoms with E-state index in [0.29, 0.717) is 5.56 Å². The average molecular weight is 225 g/mol. The molecule has 1 aromatic carbocycles. The minimum absolute atomic E-state index is 0.267. The first-order chi connectivity index (χ1) is 7.49. The summed E-state index contributed by atoms with van der Waals surface area (Å²) in [4.78, 5) is 10.3. The molecular weight excluding hydrogens is 213 g/mol. The van der Waals surface area contributed by atoms with Crippen LogP contribution in [0.5, 0.6) is 0 Å². The fraction of sp³-hybridized carbons (Fsp3) is 0.100. The van der Waals surface area contributed by atoms with Gasteiger partial charge in [-0.25, -0.2) is 10.2 Å². The Balaban J connectivity index is 2.76. The van der Waals surface area contributed by atoms with Crippen LogP contribution >= 0.6 is 0 Å². The molecule has 1 rings (SSSR count). The Morgan fingerprint density at radius 1 is 1.44 bits per heavy atom. The molecule has 0 bridgehead atoms. The number of benzene rings is 1. The number of aliphatic carboxylic acids is 1. The summed E-state index contributed by atoms with van der Waals surface area (Å²) >= 11 is 0. The quantitative estimate of drug-likeness (QED) is 0.507. The van der Waals surface area contributed by atoms with Gasteiger partial charge in [0.25, 0.3) is 0 Å². The first kappa shape index (κ1) is 12.0. The first-order valence-electron chi connectivity index (χ1n) is 4.45. The lowest BCUT2D eigenvalue weighted by Crippen LogP contribution is -2.31. The van der Waals surface area contributed by atoms with Crippen molar-refractivity contribution in [2.45, 2.75) is 0 Å². The highest BCUT2D eigenvalue weighted by atomic mass is 19.1. The second kappa shape index (κ2) is 5.13. The highest BCUT2D eigenvalue weighted by Gasteiger charge is 2.03. The molecule has 0 saturated heterocycles. The molecule has 0 spiro atoms. The predicted octanol–water partition coefficient (Wildman–Crippen LogP) is 0.343. The lowest BCUT2D eigenvalue weighted by molar-refractivity contribution is -0.137. The monoisotopic (exact) mass is 225 g/mol. The summed E-state index contributed by atoms with van der Waals surface area (Å²) in [6, 6.07) is 5.48. The maximum Gasteiger partial charge on any atom is 0.324 e. The van der Waals surface area contributed by atoms with Gasteiger partial charge in [0.2, 0.25) is 0 Å². The van der Waals surface area contributed by atoms with E-state index in [1.165, 1.54) is 30.5 Å². The van der Waals surface area contributed by atoms with Crippen LogP contribution in [0.4, 0.5) is 4.39 Å². The number of nitrogens with two attached hydrogens (primary N) is 2. The number of halogens is 1. The second-order valence-corrected chi connectivity index (χ2v) is 3.16. The molecule has 0 heterocycles. The maximum atomic E-state index is 12.6.